The summed E-state index contributed by atoms with van der Waals surface area (Å²) in [4.78, 5) is 186. The van der Waals surface area contributed by atoms with E-state index >= 15 is 4.39 Å². The number of hydrogen-bond acceptors (Lipinski definition) is 28. The summed E-state index contributed by atoms with van der Waals surface area (Å²) in [5.41, 5.74) is 8.88. The molecule has 3 aromatic heterocycles. The normalized spacial score (nSPS) is 14.9. The number of nitrogens with one attached hydrogen (secondary N) is 13. The van der Waals surface area contributed by atoms with Gasteiger partial charge in [-0.05, 0) is 158 Å². The highest BCUT2D eigenvalue weighted by molar-refractivity contribution is 6.06. The monoisotopic (exact) mass is 1970 g/mol. The van der Waals surface area contributed by atoms with Crippen LogP contribution in [0.4, 0.5) is 4.39 Å². The average Bonchev–Trinajstić information content (AvgIpc) is 1.19. The number of benzene rings is 4. The summed E-state index contributed by atoms with van der Waals surface area (Å²) in [6, 6.07) is 10.9. The lowest BCUT2D eigenvalue weighted by atomic mass is 9.90. The number of nitrogens with zero attached hydrogens (tertiary/aromatic N) is 7. The lowest BCUT2D eigenvalue weighted by Crippen LogP contribution is -2.67. The number of carboxylic acid groups (broad SMARTS) is 1. The summed E-state index contributed by atoms with van der Waals surface area (Å²) in [5.74, 6) is -8.37. The molecule has 8 rings (SSSR count). The highest BCUT2D eigenvalue weighted by Gasteiger charge is 2.44. The molecular weight excluding hydrogens is 1830 g/mol. The molecule has 1 aliphatic carbocycles. The fraction of sp³-hybridized carbons (Fsp3) is 0.531. The van der Waals surface area contributed by atoms with Crippen molar-refractivity contribution in [3.05, 3.63) is 160 Å². The maximum atomic E-state index is 15.6. The van der Waals surface area contributed by atoms with Crippen LogP contribution in [0.15, 0.2) is 104 Å². The third kappa shape index (κ3) is 38.8. The average molecular weight is 1970 g/mol. The third-order valence-corrected chi connectivity index (χ3v) is 22.8. The number of aliphatic hydroxyl groups is 3. The molecule has 141 heavy (non-hydrogen) atoms. The number of aryl methyl sites for hydroxylation is 5. The van der Waals surface area contributed by atoms with Crippen molar-refractivity contribution in [3.63, 3.8) is 0 Å². The van der Waals surface area contributed by atoms with Gasteiger partial charge in [-0.25, -0.2) is 9.37 Å². The van der Waals surface area contributed by atoms with Crippen LogP contribution in [0.1, 0.15) is 156 Å². The van der Waals surface area contributed by atoms with Gasteiger partial charge in [0.2, 0.25) is 70.9 Å². The molecule has 0 spiro atoms. The van der Waals surface area contributed by atoms with E-state index < -0.39 is 175 Å². The fourth-order valence-electron chi connectivity index (χ4n) is 14.9. The van der Waals surface area contributed by atoms with E-state index in [0.29, 0.717) is 121 Å². The van der Waals surface area contributed by atoms with Gasteiger partial charge in [0.1, 0.15) is 83.2 Å². The number of carboxylic acids is 1. The number of aromatic nitrogens is 9. The Morgan fingerprint density at radius 1 is 0.631 bits per heavy atom. The summed E-state index contributed by atoms with van der Waals surface area (Å²) >= 11 is 0. The van der Waals surface area contributed by atoms with Gasteiger partial charge in [0.15, 0.2) is 5.82 Å². The lowest BCUT2D eigenvalue weighted by Gasteiger charge is -2.34. The van der Waals surface area contributed by atoms with Gasteiger partial charge in [-0.3, -0.25) is 67.0 Å². The number of unbranched alkanes of at least 4 members (excludes halogenated alkanes) is 1. The van der Waals surface area contributed by atoms with Crippen LogP contribution in [0.2, 0.25) is 0 Å². The number of amides is 12. The minimum Gasteiger partial charge on any atom is -0.494 e. The number of imidazole rings is 1. The molecule has 1 aliphatic rings. The van der Waals surface area contributed by atoms with Gasteiger partial charge in [0.25, 0.3) is 0 Å². The molecule has 0 bridgehead atoms. The Kier molecular flexibility index (Phi) is 46.7. The van der Waals surface area contributed by atoms with Crippen molar-refractivity contribution in [2.24, 2.45) is 11.1 Å². The van der Waals surface area contributed by atoms with E-state index in [9.17, 15) is 82.8 Å². The second-order valence-corrected chi connectivity index (χ2v) is 34.9. The van der Waals surface area contributed by atoms with Crippen molar-refractivity contribution in [2.75, 3.05) is 85.7 Å². The first kappa shape index (κ1) is 113. The number of rotatable bonds is 63. The van der Waals surface area contributed by atoms with E-state index in [1.165, 1.54) is 38.4 Å². The largest absolute Gasteiger partial charge is 0.494 e. The number of aliphatic carboxylic acids is 1. The summed E-state index contributed by atoms with van der Waals surface area (Å²) in [7, 11) is 0. The number of H-pyrrole nitrogens is 2. The predicted octanol–water partition coefficient (Wildman–Crippen LogP) is -0.0714. The molecule has 12 amide bonds. The Hall–Kier alpha value is -13.6. The number of aliphatic hydroxyl groups excluding tert-OH is 3. The number of ether oxygens (including phenoxy) is 6. The summed E-state index contributed by atoms with van der Waals surface area (Å²) in [6.45, 7) is 13.7. The predicted molar refractivity (Wildman–Crippen MR) is 506 cm³/mol. The Bertz CT molecular complexity index is 5290. The fourth-order valence-corrected chi connectivity index (χ4v) is 14.9. The summed E-state index contributed by atoms with van der Waals surface area (Å²) in [5, 5.41) is 91.5. The number of aromatic amines is 2. The van der Waals surface area contributed by atoms with Gasteiger partial charge in [0, 0.05) is 63.6 Å². The van der Waals surface area contributed by atoms with Crippen LogP contribution < -0.4 is 69.0 Å². The maximum Gasteiger partial charge on any atom is 0.305 e. The van der Waals surface area contributed by atoms with Gasteiger partial charge in [0.05, 0.1) is 104 Å². The van der Waals surface area contributed by atoms with E-state index in [1.807, 2.05) is 63.4 Å². The van der Waals surface area contributed by atoms with Crippen molar-refractivity contribution in [2.45, 2.75) is 237 Å². The number of nitrogens with two attached hydrogens (primary N) is 1. The van der Waals surface area contributed by atoms with Crippen molar-refractivity contribution in [1.82, 2.24) is 104 Å². The first-order chi connectivity index (χ1) is 67.5. The SMILES string of the molecule is CCc1cc(OCCCCn2cc(COCCOCCOCCOCCNC(=O)COC3C#CCCCCC3)nn2)ccc1-c1ccc(C[C@H](NC(=O)[C@H](CC(=O)O)NC(=O)[C@H](CO)NC(=O)[C@@H](NC(=O)C(C)(Cc2ccccc2F)NC(=O)[C@@H](NC(=O)CNC(=O)[C@H](Cc2nn[nH]n2)NC(=O)C(C)(C)C(=O)NCCc2cnc[nH]2)[C@@H](C)O)[C@@H](C)O)C(=O)N[C@@H](CCCc2cc(C)cc(C)c2)C(N)=O)cc1. The third-order valence-electron chi connectivity index (χ3n) is 22.8. The van der Waals surface area contributed by atoms with Crippen molar-refractivity contribution < 1.29 is 116 Å². The molecule has 766 valence electrons. The topological polar surface area (TPSA) is 630 Å². The highest BCUT2D eigenvalue weighted by Crippen LogP contribution is 2.30. The minimum atomic E-state index is -2.42. The van der Waals surface area contributed by atoms with E-state index in [2.05, 4.69) is 111 Å². The van der Waals surface area contributed by atoms with Gasteiger partial charge in [-0.1, -0.05) is 108 Å². The molecule has 0 aliphatic heterocycles. The quantitative estimate of drug-likeness (QED) is 0.0135. The Labute approximate surface area is 815 Å². The lowest BCUT2D eigenvalue weighted by molar-refractivity contribution is -0.143. The molecule has 7 aromatic rings. The van der Waals surface area contributed by atoms with Crippen molar-refractivity contribution in [3.8, 4) is 28.7 Å². The molecule has 19 N–H and O–H groups in total. The second kappa shape index (κ2) is 58.4. The minimum absolute atomic E-state index is 0.0311. The Morgan fingerprint density at radius 2 is 1.30 bits per heavy atom. The molecule has 11 atom stereocenters. The zero-order chi connectivity index (χ0) is 102. The zero-order valence-electron chi connectivity index (χ0n) is 80.6. The number of halogens is 1. The molecule has 3 heterocycles. The van der Waals surface area contributed by atoms with Crippen LogP contribution in [0, 0.1) is 36.9 Å². The highest BCUT2D eigenvalue weighted by atomic mass is 19.1. The molecule has 0 radical (unpaired) electrons. The maximum absolute atomic E-state index is 15.6. The van der Waals surface area contributed by atoms with E-state index in [1.54, 1.807) is 35.1 Å². The van der Waals surface area contributed by atoms with Crippen LogP contribution in [0.5, 0.6) is 5.75 Å². The molecule has 45 heteroatoms. The van der Waals surface area contributed by atoms with E-state index in [-0.39, 0.29) is 56.0 Å². The summed E-state index contributed by atoms with van der Waals surface area (Å²) in [6.07, 6.45) is 6.58. The number of hydrogen-bond donors (Lipinski definition) is 18. The number of primary amides is 1. The van der Waals surface area contributed by atoms with Crippen molar-refractivity contribution in [1.29, 1.82) is 0 Å². The van der Waals surface area contributed by atoms with Crippen LogP contribution in [0.3, 0.4) is 0 Å². The van der Waals surface area contributed by atoms with Crippen LogP contribution >= 0.6 is 0 Å². The van der Waals surface area contributed by atoms with Crippen molar-refractivity contribution >= 4 is 76.9 Å². The molecule has 4 aromatic carbocycles. The van der Waals surface area contributed by atoms with Gasteiger partial charge in [-0.2, -0.15) is 5.21 Å². The van der Waals surface area contributed by atoms with E-state index in [0.717, 1.165) is 98.7 Å². The number of carbonyl (C=O) groups is 13. The van der Waals surface area contributed by atoms with Gasteiger partial charge < -0.3 is 118 Å². The van der Waals surface area contributed by atoms with E-state index in [4.69, 9.17) is 34.2 Å². The van der Waals surface area contributed by atoms with Gasteiger partial charge in [-0.15, -0.1) is 21.2 Å². The molecular formula is C96H132FN21O23. The molecule has 44 nitrogen and oxygen atoms in total. The molecule has 0 fully saturated rings. The zero-order valence-corrected chi connectivity index (χ0v) is 80.6. The Morgan fingerprint density at radius 3 is 1.96 bits per heavy atom. The standard InChI is InChI=1S/C96H132FN21O23/c1-9-65-48-71(140-36-18-17-35-118-54-69(112-117-118)56-139-43-42-138-41-40-137-39-38-136-37-34-100-81(123)57-141-70-22-13-11-10-12-14-23-70)30-31-72(65)66-28-26-63(27-29-66)47-75(87(128)104-74(85(98)126)25-19-20-64-45-59(2)44-60(3)46-64)105-88(129)77(50-82(124)125)106-89(130)78(55-119)107-90(131)83(61(4)120)110-94(135)96(8,51-67-21-15-16-24-73(67)97)111-91(132)84(62(5)121)109-80(122)53-102-86(127)76(49-79-113-115-116-114-79)108-93(134)95(6,7)92(133)101-33-32-68-52-99-58-103-68/h15-16,21,24,26-31,44-46,48,52,54,58,61-62,70,74-78,83-84,119-121H,9-13,17-20,22,25,32-43,47,49-51,53,55-57H2,1-8H3,(H2,98,126)(H,99,103)(H,100,123)(H,101,133)(H,102,127)(H,104,128)(H,105,129)(H,106,130)(H,107,131)(H,108,134)(H,109,122)(H,110,135)(H,111,132)(H,124,125)(H,113,114,115,116)/t61-,62-,70?,74+,75+,76+,77+,78+,83+,84+,96?/m1/s1. The second-order valence-electron chi connectivity index (χ2n) is 34.9. The van der Waals surface area contributed by atoms with Crippen LogP contribution in [-0.2, 0) is 138 Å². The van der Waals surface area contributed by atoms with Crippen LogP contribution in [-0.4, -0.2) is 295 Å². The van der Waals surface area contributed by atoms with Crippen LogP contribution in [0.25, 0.3) is 11.1 Å². The first-order valence-electron chi connectivity index (χ1n) is 46.9. The smallest absolute Gasteiger partial charge is 0.305 e. The molecule has 2 unspecified atom stereocenters. The van der Waals surface area contributed by atoms with Gasteiger partial charge >= 0.3 is 5.97 Å². The number of tetrazole rings is 1. The Balaban J connectivity index is 0.848. The molecule has 0 saturated carbocycles. The summed E-state index contributed by atoms with van der Waals surface area (Å²) < 4.78 is 51.7. The number of carbonyl (C=O) groups excluding carboxylic acids is 12. The molecule has 0 saturated heterocycles. The first-order valence-corrected chi connectivity index (χ1v) is 46.9.